The van der Waals surface area contributed by atoms with Crippen LogP contribution in [0.25, 0.3) is 0 Å². The largest absolute Gasteiger partial charge is 0.294 e. The number of rotatable bonds is 2. The Morgan fingerprint density at radius 1 is 0.727 bits per heavy atom. The zero-order chi connectivity index (χ0) is 16.9. The molecule has 0 aromatic heterocycles. The molecule has 2 aromatic rings. The van der Waals surface area contributed by atoms with E-state index in [1.807, 2.05) is 26.0 Å². The summed E-state index contributed by atoms with van der Waals surface area (Å²) in [5.74, 6) is 0.0219. The van der Waals surface area contributed by atoms with Crippen LogP contribution in [0.1, 0.15) is 45.7 Å². The Kier molecular flexibility index (Phi) is 6.79. The summed E-state index contributed by atoms with van der Waals surface area (Å²) >= 11 is 11.6. The zero-order valence-corrected chi connectivity index (χ0v) is 14.5. The first-order valence-corrected chi connectivity index (χ1v) is 7.52. The Morgan fingerprint density at radius 2 is 1.23 bits per heavy atom. The number of halogens is 2. The van der Waals surface area contributed by atoms with Crippen LogP contribution in [0.5, 0.6) is 0 Å². The lowest BCUT2D eigenvalue weighted by molar-refractivity contribution is 0.100. The molecular formula is C18H18Cl2O2. The molecular weight excluding hydrogens is 319 g/mol. The van der Waals surface area contributed by atoms with Gasteiger partial charge in [-0.15, -0.1) is 0 Å². The van der Waals surface area contributed by atoms with E-state index in [1.54, 1.807) is 24.3 Å². The van der Waals surface area contributed by atoms with Crippen molar-refractivity contribution in [2.24, 2.45) is 0 Å². The molecule has 116 valence electrons. The molecule has 0 aliphatic heterocycles. The van der Waals surface area contributed by atoms with Crippen molar-refractivity contribution in [2.75, 3.05) is 0 Å². The molecule has 0 saturated heterocycles. The molecule has 0 fully saturated rings. The SMILES string of the molecule is CC(=O)c1cc(C)ccc1Cl.CC(=O)c1ccc(C)cc1Cl. The summed E-state index contributed by atoms with van der Waals surface area (Å²) in [7, 11) is 0. The molecule has 0 unspecified atom stereocenters. The highest BCUT2D eigenvalue weighted by Crippen LogP contribution is 2.18. The topological polar surface area (TPSA) is 34.1 Å². The van der Waals surface area contributed by atoms with Gasteiger partial charge in [-0.1, -0.05) is 40.9 Å². The van der Waals surface area contributed by atoms with Gasteiger partial charge in [-0.3, -0.25) is 9.59 Å². The Bertz CT molecular complexity index is 706. The summed E-state index contributed by atoms with van der Waals surface area (Å²) in [6.45, 7) is 6.90. The summed E-state index contributed by atoms with van der Waals surface area (Å²) in [6.07, 6.45) is 0. The third kappa shape index (κ3) is 5.28. The third-order valence-electron chi connectivity index (χ3n) is 3.01. The number of carbonyl (C=O) groups is 2. The molecule has 0 N–H and O–H groups in total. The fraction of sp³-hybridized carbons (Fsp3) is 0.222. The molecule has 22 heavy (non-hydrogen) atoms. The molecule has 0 amide bonds. The van der Waals surface area contributed by atoms with Crippen LogP contribution >= 0.6 is 23.2 Å². The number of carbonyl (C=O) groups excluding carboxylic acids is 2. The molecule has 0 heterocycles. The Morgan fingerprint density at radius 3 is 1.68 bits per heavy atom. The lowest BCUT2D eigenvalue weighted by Crippen LogP contribution is -1.93. The van der Waals surface area contributed by atoms with E-state index >= 15 is 0 Å². The van der Waals surface area contributed by atoms with Gasteiger partial charge in [-0.05, 0) is 57.5 Å². The van der Waals surface area contributed by atoms with Gasteiger partial charge in [0.2, 0.25) is 0 Å². The van der Waals surface area contributed by atoms with Gasteiger partial charge in [-0.25, -0.2) is 0 Å². The molecule has 0 aliphatic rings. The van der Waals surface area contributed by atoms with Gasteiger partial charge in [0.25, 0.3) is 0 Å². The molecule has 2 nitrogen and oxygen atoms in total. The molecule has 2 aromatic carbocycles. The van der Waals surface area contributed by atoms with Crippen LogP contribution in [0.2, 0.25) is 10.0 Å². The Balaban J connectivity index is 0.000000220. The van der Waals surface area contributed by atoms with Crippen molar-refractivity contribution in [3.63, 3.8) is 0 Å². The van der Waals surface area contributed by atoms with E-state index in [2.05, 4.69) is 0 Å². The number of aryl methyl sites for hydroxylation is 2. The Hall–Kier alpha value is -1.64. The number of hydrogen-bond acceptors (Lipinski definition) is 2. The summed E-state index contributed by atoms with van der Waals surface area (Å²) < 4.78 is 0. The Labute approximate surface area is 141 Å². The van der Waals surface area contributed by atoms with Crippen molar-refractivity contribution >= 4 is 34.8 Å². The van der Waals surface area contributed by atoms with E-state index < -0.39 is 0 Å². The number of hydrogen-bond donors (Lipinski definition) is 0. The average molecular weight is 337 g/mol. The van der Waals surface area contributed by atoms with Crippen molar-refractivity contribution in [3.05, 3.63) is 68.7 Å². The monoisotopic (exact) mass is 336 g/mol. The van der Waals surface area contributed by atoms with Crippen LogP contribution in [0.3, 0.4) is 0 Å². The summed E-state index contributed by atoms with van der Waals surface area (Å²) in [4.78, 5) is 21.8. The van der Waals surface area contributed by atoms with E-state index in [0.717, 1.165) is 11.1 Å². The van der Waals surface area contributed by atoms with Crippen LogP contribution < -0.4 is 0 Å². The first-order valence-electron chi connectivity index (χ1n) is 6.76. The standard InChI is InChI=1S/2C9H9ClO/c1-6-3-4-9(10)8(5-6)7(2)11;1-6-3-4-8(7(2)11)9(10)5-6/h2*3-5H,1-2H3. The number of benzene rings is 2. The third-order valence-corrected chi connectivity index (χ3v) is 3.65. The molecule has 0 aliphatic carbocycles. The average Bonchev–Trinajstić information content (AvgIpc) is 2.41. The van der Waals surface area contributed by atoms with E-state index in [-0.39, 0.29) is 11.6 Å². The summed E-state index contributed by atoms with van der Waals surface area (Å²) in [5.41, 5.74) is 3.32. The minimum absolute atomic E-state index is 0.00926. The van der Waals surface area contributed by atoms with Crippen molar-refractivity contribution in [1.29, 1.82) is 0 Å². The fourth-order valence-corrected chi connectivity index (χ4v) is 2.43. The van der Waals surface area contributed by atoms with Crippen molar-refractivity contribution in [3.8, 4) is 0 Å². The second-order valence-electron chi connectivity index (χ2n) is 5.08. The van der Waals surface area contributed by atoms with E-state index in [0.29, 0.717) is 21.2 Å². The van der Waals surface area contributed by atoms with Gasteiger partial charge in [0.05, 0.1) is 10.0 Å². The van der Waals surface area contributed by atoms with E-state index in [9.17, 15) is 9.59 Å². The van der Waals surface area contributed by atoms with Crippen molar-refractivity contribution in [2.45, 2.75) is 27.7 Å². The van der Waals surface area contributed by atoms with Crippen LogP contribution in [0.4, 0.5) is 0 Å². The van der Waals surface area contributed by atoms with Crippen LogP contribution in [-0.2, 0) is 0 Å². The first kappa shape index (κ1) is 18.4. The van der Waals surface area contributed by atoms with Gasteiger partial charge in [0.1, 0.15) is 0 Å². The van der Waals surface area contributed by atoms with E-state index in [4.69, 9.17) is 23.2 Å². The normalized spacial score (nSPS) is 9.73. The van der Waals surface area contributed by atoms with Crippen LogP contribution in [0, 0.1) is 13.8 Å². The maximum atomic E-state index is 10.9. The molecule has 2 rings (SSSR count). The molecule has 0 spiro atoms. The second-order valence-corrected chi connectivity index (χ2v) is 5.89. The summed E-state index contributed by atoms with van der Waals surface area (Å²) in [5, 5.41) is 1.07. The summed E-state index contributed by atoms with van der Waals surface area (Å²) in [6, 6.07) is 10.8. The highest BCUT2D eigenvalue weighted by molar-refractivity contribution is 6.34. The minimum atomic E-state index is 0.00926. The maximum Gasteiger partial charge on any atom is 0.161 e. The quantitative estimate of drug-likeness (QED) is 0.659. The second kappa shape index (κ2) is 8.11. The molecule has 0 bridgehead atoms. The molecule has 0 saturated carbocycles. The lowest BCUT2D eigenvalue weighted by Gasteiger charge is -1.99. The van der Waals surface area contributed by atoms with Crippen molar-refractivity contribution < 1.29 is 9.59 Å². The highest BCUT2D eigenvalue weighted by atomic mass is 35.5. The van der Waals surface area contributed by atoms with Gasteiger partial charge >= 0.3 is 0 Å². The smallest absolute Gasteiger partial charge is 0.161 e. The van der Waals surface area contributed by atoms with Crippen LogP contribution in [0.15, 0.2) is 36.4 Å². The lowest BCUT2D eigenvalue weighted by atomic mass is 10.1. The molecule has 4 heteroatoms. The minimum Gasteiger partial charge on any atom is -0.294 e. The number of ketones is 2. The predicted octanol–water partition coefficient (Wildman–Crippen LogP) is 5.70. The van der Waals surface area contributed by atoms with Gasteiger partial charge < -0.3 is 0 Å². The van der Waals surface area contributed by atoms with Crippen molar-refractivity contribution in [1.82, 2.24) is 0 Å². The highest BCUT2D eigenvalue weighted by Gasteiger charge is 2.04. The fourth-order valence-electron chi connectivity index (χ4n) is 1.81. The first-order chi connectivity index (χ1) is 10.2. The maximum absolute atomic E-state index is 10.9. The number of Topliss-reactive ketones (excluding diaryl/α,β-unsaturated/α-hetero) is 2. The molecule has 0 radical (unpaired) electrons. The van der Waals surface area contributed by atoms with Gasteiger partial charge in [-0.2, -0.15) is 0 Å². The van der Waals surface area contributed by atoms with Gasteiger partial charge in [0, 0.05) is 11.1 Å². The van der Waals surface area contributed by atoms with Crippen LogP contribution in [-0.4, -0.2) is 11.6 Å². The van der Waals surface area contributed by atoms with E-state index in [1.165, 1.54) is 13.8 Å². The predicted molar refractivity (Wildman–Crippen MR) is 92.4 cm³/mol. The van der Waals surface area contributed by atoms with Gasteiger partial charge in [0.15, 0.2) is 11.6 Å². The zero-order valence-electron chi connectivity index (χ0n) is 13.0. The molecule has 0 atom stereocenters.